The fourth-order valence-electron chi connectivity index (χ4n) is 4.50. The molecule has 1 saturated carbocycles. The van der Waals surface area contributed by atoms with Crippen molar-refractivity contribution in [3.63, 3.8) is 0 Å². The first kappa shape index (κ1) is 17.4. The van der Waals surface area contributed by atoms with Crippen LogP contribution in [0.5, 0.6) is 0 Å². The third-order valence-corrected chi connectivity index (χ3v) is 6.04. The first-order chi connectivity index (χ1) is 12.4. The van der Waals surface area contributed by atoms with Gasteiger partial charge in [-0.1, -0.05) is 0 Å². The van der Waals surface area contributed by atoms with Crippen molar-refractivity contribution in [2.24, 2.45) is 5.41 Å². The van der Waals surface area contributed by atoms with Gasteiger partial charge in [0.25, 0.3) is 5.91 Å². The van der Waals surface area contributed by atoms with Crippen molar-refractivity contribution < 1.29 is 14.6 Å². The molecule has 2 aromatic heterocycles. The van der Waals surface area contributed by atoms with Gasteiger partial charge in [-0.25, -0.2) is 9.50 Å². The summed E-state index contributed by atoms with van der Waals surface area (Å²) < 4.78 is 7.51. The lowest BCUT2D eigenvalue weighted by Gasteiger charge is -2.56. The molecule has 7 heteroatoms. The van der Waals surface area contributed by atoms with Crippen LogP contribution in [-0.2, 0) is 4.74 Å². The Bertz CT molecular complexity index is 837. The number of aliphatic hydroxyl groups is 1. The van der Waals surface area contributed by atoms with Crippen LogP contribution in [0, 0.1) is 19.3 Å². The number of hydrogen-bond donors (Lipinski definition) is 1. The van der Waals surface area contributed by atoms with Crippen LogP contribution in [-0.4, -0.2) is 62.4 Å². The molecule has 2 aromatic rings. The van der Waals surface area contributed by atoms with Gasteiger partial charge >= 0.3 is 0 Å². The van der Waals surface area contributed by atoms with E-state index in [1.165, 1.54) is 0 Å². The second-order valence-electron chi connectivity index (χ2n) is 7.56. The van der Waals surface area contributed by atoms with Gasteiger partial charge in [0, 0.05) is 49.0 Å². The molecular weight excluding hydrogens is 332 g/mol. The highest BCUT2D eigenvalue weighted by atomic mass is 16.5. The summed E-state index contributed by atoms with van der Waals surface area (Å²) in [7, 11) is 0. The van der Waals surface area contributed by atoms with Crippen LogP contribution in [0.1, 0.15) is 48.1 Å². The first-order valence-electron chi connectivity index (χ1n) is 9.37. The van der Waals surface area contributed by atoms with Gasteiger partial charge in [0.05, 0.1) is 12.2 Å². The van der Waals surface area contributed by atoms with Crippen LogP contribution >= 0.6 is 0 Å². The molecule has 1 aliphatic heterocycles. The number of piperidine rings is 1. The maximum Gasteiger partial charge on any atom is 0.274 e. The summed E-state index contributed by atoms with van der Waals surface area (Å²) in [5.74, 6) is -0.0656. The van der Waals surface area contributed by atoms with Gasteiger partial charge in [-0.15, -0.1) is 0 Å². The Kier molecular flexibility index (Phi) is 4.23. The molecule has 1 spiro atoms. The maximum absolute atomic E-state index is 12.9. The molecule has 1 aliphatic carbocycles. The third kappa shape index (κ3) is 2.61. The van der Waals surface area contributed by atoms with Gasteiger partial charge in [-0.2, -0.15) is 5.10 Å². The summed E-state index contributed by atoms with van der Waals surface area (Å²) >= 11 is 0. The molecule has 2 fully saturated rings. The highest BCUT2D eigenvalue weighted by Crippen LogP contribution is 2.51. The molecule has 140 valence electrons. The predicted molar refractivity (Wildman–Crippen MR) is 96.1 cm³/mol. The summed E-state index contributed by atoms with van der Waals surface area (Å²) in [4.78, 5) is 19.2. The predicted octanol–water partition coefficient (Wildman–Crippen LogP) is 1.74. The molecule has 1 N–H and O–H groups in total. The average Bonchev–Trinajstić information content (AvgIpc) is 3.05. The van der Waals surface area contributed by atoms with E-state index in [1.54, 1.807) is 10.6 Å². The van der Waals surface area contributed by atoms with Crippen LogP contribution in [0.3, 0.4) is 0 Å². The zero-order chi connectivity index (χ0) is 18.5. The van der Waals surface area contributed by atoms with Crippen LogP contribution in [0.2, 0.25) is 0 Å². The number of fused-ring (bicyclic) bond motifs is 1. The Labute approximate surface area is 153 Å². The van der Waals surface area contributed by atoms with Crippen molar-refractivity contribution in [3.05, 3.63) is 29.2 Å². The van der Waals surface area contributed by atoms with E-state index in [0.717, 1.165) is 24.2 Å². The number of hydrogen-bond acceptors (Lipinski definition) is 5. The zero-order valence-corrected chi connectivity index (χ0v) is 15.6. The third-order valence-electron chi connectivity index (χ3n) is 6.04. The van der Waals surface area contributed by atoms with Crippen molar-refractivity contribution in [3.8, 4) is 0 Å². The number of aromatic nitrogens is 3. The normalized spacial score (nSPS) is 24.8. The van der Waals surface area contributed by atoms with Gasteiger partial charge in [0.15, 0.2) is 11.3 Å². The largest absolute Gasteiger partial charge is 0.392 e. The number of carbonyl (C=O) groups is 1. The molecule has 1 saturated heterocycles. The molecule has 0 aromatic carbocycles. The number of amides is 1. The second-order valence-corrected chi connectivity index (χ2v) is 7.56. The molecule has 0 unspecified atom stereocenters. The molecule has 26 heavy (non-hydrogen) atoms. The summed E-state index contributed by atoms with van der Waals surface area (Å²) in [6.07, 6.45) is 2.05. The molecule has 7 nitrogen and oxygen atoms in total. The SMILES string of the molecule is CCO[C@@H]1C[C@H](O)C12CCN(C(=O)c1cc3nc(C)cc(C)n3n1)CC2. The fourth-order valence-corrected chi connectivity index (χ4v) is 4.50. The lowest BCUT2D eigenvalue weighted by molar-refractivity contribution is -0.207. The molecule has 0 radical (unpaired) electrons. The molecule has 3 heterocycles. The minimum Gasteiger partial charge on any atom is -0.392 e. The Hall–Kier alpha value is -1.99. The van der Waals surface area contributed by atoms with Gasteiger partial charge in [0.1, 0.15) is 0 Å². The smallest absolute Gasteiger partial charge is 0.274 e. The number of aryl methyl sites for hydroxylation is 2. The van der Waals surface area contributed by atoms with Crippen LogP contribution < -0.4 is 0 Å². The van der Waals surface area contributed by atoms with E-state index in [4.69, 9.17) is 4.74 Å². The summed E-state index contributed by atoms with van der Waals surface area (Å²) in [6, 6.07) is 3.71. The van der Waals surface area contributed by atoms with Crippen molar-refractivity contribution >= 4 is 11.6 Å². The number of ether oxygens (including phenoxy) is 1. The zero-order valence-electron chi connectivity index (χ0n) is 15.6. The molecule has 4 rings (SSSR count). The van der Waals surface area contributed by atoms with E-state index in [9.17, 15) is 9.90 Å². The number of rotatable bonds is 3. The van der Waals surface area contributed by atoms with E-state index < -0.39 is 0 Å². The summed E-state index contributed by atoms with van der Waals surface area (Å²) in [6.45, 7) is 7.79. The van der Waals surface area contributed by atoms with E-state index >= 15 is 0 Å². The van der Waals surface area contributed by atoms with Gasteiger partial charge in [-0.3, -0.25) is 4.79 Å². The van der Waals surface area contributed by atoms with Gasteiger partial charge in [-0.05, 0) is 39.7 Å². The van der Waals surface area contributed by atoms with Crippen molar-refractivity contribution in [1.82, 2.24) is 19.5 Å². The average molecular weight is 358 g/mol. The minimum absolute atomic E-state index is 0.0656. The van der Waals surface area contributed by atoms with Crippen LogP contribution in [0.25, 0.3) is 5.65 Å². The number of likely N-dealkylation sites (tertiary alicyclic amines) is 1. The highest BCUT2D eigenvalue weighted by Gasteiger charge is 2.56. The van der Waals surface area contributed by atoms with Crippen LogP contribution in [0.4, 0.5) is 0 Å². The van der Waals surface area contributed by atoms with Gasteiger partial charge < -0.3 is 14.7 Å². The fraction of sp³-hybridized carbons (Fsp3) is 0.632. The minimum atomic E-state index is -0.318. The number of aliphatic hydroxyl groups excluding tert-OH is 1. The summed E-state index contributed by atoms with van der Waals surface area (Å²) in [5.41, 5.74) is 2.82. The number of carbonyl (C=O) groups excluding carboxylic acids is 1. The Morgan fingerprint density at radius 2 is 2.08 bits per heavy atom. The Morgan fingerprint density at radius 3 is 2.73 bits per heavy atom. The topological polar surface area (TPSA) is 80.0 Å². The second kappa shape index (κ2) is 6.32. The van der Waals surface area contributed by atoms with Crippen molar-refractivity contribution in [2.45, 2.75) is 52.2 Å². The summed E-state index contributed by atoms with van der Waals surface area (Å²) in [5, 5.41) is 14.8. The number of nitrogens with zero attached hydrogens (tertiary/aromatic N) is 4. The molecular formula is C19H26N4O3. The Morgan fingerprint density at radius 1 is 1.35 bits per heavy atom. The van der Waals surface area contributed by atoms with Crippen molar-refractivity contribution in [1.29, 1.82) is 0 Å². The van der Waals surface area contributed by atoms with E-state index in [2.05, 4.69) is 10.1 Å². The molecule has 0 bridgehead atoms. The Balaban J connectivity index is 1.50. The standard InChI is InChI=1S/C19H26N4O3/c1-4-26-16-11-15(24)19(16)5-7-22(8-6-19)18(25)14-10-17-20-12(2)9-13(3)23(17)21-14/h9-10,15-16,24H,4-8,11H2,1-3H3/t15-,16+/m0/s1. The van der Waals surface area contributed by atoms with Crippen molar-refractivity contribution in [2.75, 3.05) is 19.7 Å². The molecule has 1 amide bonds. The van der Waals surface area contributed by atoms with E-state index in [-0.39, 0.29) is 23.5 Å². The quantitative estimate of drug-likeness (QED) is 0.904. The monoisotopic (exact) mass is 358 g/mol. The lowest BCUT2D eigenvalue weighted by Crippen LogP contribution is -2.62. The van der Waals surface area contributed by atoms with E-state index in [1.807, 2.05) is 31.7 Å². The van der Waals surface area contributed by atoms with E-state index in [0.29, 0.717) is 37.5 Å². The maximum atomic E-state index is 12.9. The first-order valence-corrected chi connectivity index (χ1v) is 9.37. The molecule has 2 atom stereocenters. The molecule has 2 aliphatic rings. The van der Waals surface area contributed by atoms with Crippen LogP contribution in [0.15, 0.2) is 12.1 Å². The lowest BCUT2D eigenvalue weighted by atomic mass is 9.58. The van der Waals surface area contributed by atoms with Gasteiger partial charge in [0.2, 0.25) is 0 Å². The highest BCUT2D eigenvalue weighted by molar-refractivity contribution is 5.93.